The molecule has 0 aromatic carbocycles. The molecular weight excluding hydrogens is 316 g/mol. The molecule has 0 aliphatic carbocycles. The number of nitrogens with one attached hydrogen (secondary N) is 5. The van der Waals surface area contributed by atoms with Crippen LogP contribution in [0.25, 0.3) is 0 Å². The average molecular weight is 341 g/mol. The van der Waals surface area contributed by atoms with Gasteiger partial charge in [0, 0.05) is 65.4 Å². The van der Waals surface area contributed by atoms with Crippen molar-refractivity contribution in [3.05, 3.63) is 0 Å². The van der Waals surface area contributed by atoms with E-state index in [1.165, 1.54) is 0 Å². The number of hydrogen-bond acceptors (Lipinski definition) is 5. The van der Waals surface area contributed by atoms with Crippen molar-refractivity contribution in [2.75, 3.05) is 65.4 Å². The number of halogens is 2. The van der Waals surface area contributed by atoms with Crippen molar-refractivity contribution in [1.29, 1.82) is 0 Å². The van der Waals surface area contributed by atoms with Gasteiger partial charge in [-0.3, -0.25) is 0 Å². The fraction of sp³-hybridized carbons (Fsp3) is 1.00. The van der Waals surface area contributed by atoms with Crippen LogP contribution in [0, 0.1) is 0 Å². The minimum absolute atomic E-state index is 0.00694. The molecular formula is C10H25Cl2MnN5. The molecule has 5 nitrogen and oxygen atoms in total. The molecule has 8 heteroatoms. The Morgan fingerprint density at radius 1 is 0.444 bits per heavy atom. The standard InChI is InChI=1S/C10H25N5.2ClH.Mn/c1-2-12-5-6-14-9-10-15-8-7-13-4-3-11-1;;;/h11-15H,1-10H2;2*1H;/q;;;+2/p-2. The van der Waals surface area contributed by atoms with E-state index in [1.807, 2.05) is 0 Å². The number of rotatable bonds is 0. The first-order valence-corrected chi connectivity index (χ1v) is 9.57. The predicted octanol–water partition coefficient (Wildman–Crippen LogP) is -0.675. The zero-order valence-corrected chi connectivity index (χ0v) is 13.4. The second-order valence-corrected chi connectivity index (χ2v) is 5.75. The van der Waals surface area contributed by atoms with Crippen molar-refractivity contribution in [2.24, 2.45) is 0 Å². The van der Waals surface area contributed by atoms with Gasteiger partial charge in [-0.05, 0) is 0 Å². The van der Waals surface area contributed by atoms with Gasteiger partial charge in [0.15, 0.2) is 0 Å². The summed E-state index contributed by atoms with van der Waals surface area (Å²) in [5, 5.41) is 16.9. The molecule has 0 unspecified atom stereocenters. The maximum absolute atomic E-state index is 4.80. The summed E-state index contributed by atoms with van der Waals surface area (Å²) in [7, 11) is 9.59. The molecule has 0 bridgehead atoms. The predicted molar refractivity (Wildman–Crippen MR) is 76.1 cm³/mol. The molecule has 18 heavy (non-hydrogen) atoms. The van der Waals surface area contributed by atoms with Crippen molar-refractivity contribution in [3.63, 3.8) is 0 Å². The third kappa shape index (κ3) is 16.9. The van der Waals surface area contributed by atoms with E-state index in [2.05, 4.69) is 26.6 Å². The molecule has 0 spiro atoms. The monoisotopic (exact) mass is 340 g/mol. The van der Waals surface area contributed by atoms with E-state index in [-0.39, 0.29) is 13.1 Å². The van der Waals surface area contributed by atoms with Crippen molar-refractivity contribution in [2.45, 2.75) is 0 Å². The Morgan fingerprint density at radius 3 is 0.667 bits per heavy atom. The van der Waals surface area contributed by atoms with Crippen LogP contribution in [0.15, 0.2) is 0 Å². The van der Waals surface area contributed by atoms with Gasteiger partial charge < -0.3 is 26.6 Å². The topological polar surface area (TPSA) is 60.1 Å². The fourth-order valence-electron chi connectivity index (χ4n) is 1.51. The van der Waals surface area contributed by atoms with Crippen LogP contribution in [0.5, 0.6) is 0 Å². The Balaban J connectivity index is 0.000000873. The summed E-state index contributed by atoms with van der Waals surface area (Å²) in [6.07, 6.45) is 0. The molecule has 1 rings (SSSR count). The Kier molecular flexibility index (Phi) is 18.8. The van der Waals surface area contributed by atoms with Gasteiger partial charge in [0.05, 0.1) is 0 Å². The molecule has 0 atom stereocenters. The van der Waals surface area contributed by atoms with Gasteiger partial charge in [0.1, 0.15) is 0 Å². The quantitative estimate of drug-likeness (QED) is 0.378. The number of hydrogen-bond donors (Lipinski definition) is 5. The van der Waals surface area contributed by atoms with E-state index in [0.29, 0.717) is 0 Å². The second-order valence-electron chi connectivity index (χ2n) is 3.80. The van der Waals surface area contributed by atoms with Gasteiger partial charge in [-0.1, -0.05) is 0 Å². The van der Waals surface area contributed by atoms with Gasteiger partial charge in [-0.15, -0.1) is 0 Å². The molecule has 0 saturated carbocycles. The van der Waals surface area contributed by atoms with E-state index in [0.717, 1.165) is 65.4 Å². The third-order valence-electron chi connectivity index (χ3n) is 2.39. The molecule has 5 N–H and O–H groups in total. The Labute approximate surface area is 125 Å². The Bertz CT molecular complexity index is 97.6. The van der Waals surface area contributed by atoms with Crippen molar-refractivity contribution in [3.8, 4) is 0 Å². The van der Waals surface area contributed by atoms with Gasteiger partial charge in [0.25, 0.3) is 0 Å². The van der Waals surface area contributed by atoms with Crippen molar-refractivity contribution >= 4 is 20.2 Å². The first-order valence-electron chi connectivity index (χ1n) is 6.32. The first kappa shape index (κ1) is 18.9. The molecule has 0 aromatic rings. The van der Waals surface area contributed by atoms with Crippen LogP contribution < -0.4 is 26.6 Å². The van der Waals surface area contributed by atoms with E-state index >= 15 is 0 Å². The summed E-state index contributed by atoms with van der Waals surface area (Å²) < 4.78 is 0. The minimum atomic E-state index is 0.00694. The summed E-state index contributed by atoms with van der Waals surface area (Å²) in [5.74, 6) is 0. The van der Waals surface area contributed by atoms with Gasteiger partial charge in [-0.25, -0.2) is 0 Å². The van der Waals surface area contributed by atoms with Gasteiger partial charge in [0.2, 0.25) is 0 Å². The van der Waals surface area contributed by atoms with Crippen LogP contribution in [-0.4, -0.2) is 65.4 Å². The fourth-order valence-corrected chi connectivity index (χ4v) is 1.51. The molecule has 1 fully saturated rings. The second kappa shape index (κ2) is 17.9. The summed E-state index contributed by atoms with van der Waals surface area (Å²) in [4.78, 5) is 0. The van der Waals surface area contributed by atoms with Gasteiger partial charge in [-0.2, -0.15) is 0 Å². The first-order chi connectivity index (χ1) is 8.91. The summed E-state index contributed by atoms with van der Waals surface area (Å²) >= 11 is 0.00694. The molecule has 0 radical (unpaired) electrons. The maximum atomic E-state index is 4.80. The van der Waals surface area contributed by atoms with Crippen LogP contribution in [0.1, 0.15) is 0 Å². The Hall–Kier alpha value is 0.899. The van der Waals surface area contributed by atoms with E-state index in [9.17, 15) is 0 Å². The summed E-state index contributed by atoms with van der Waals surface area (Å²) in [6, 6.07) is 0. The van der Waals surface area contributed by atoms with Crippen LogP contribution in [0.4, 0.5) is 0 Å². The van der Waals surface area contributed by atoms with Crippen molar-refractivity contribution in [1.82, 2.24) is 26.6 Å². The molecule has 111 valence electrons. The van der Waals surface area contributed by atoms with E-state index in [4.69, 9.17) is 20.2 Å². The average Bonchev–Trinajstić information content (AvgIpc) is 2.38. The van der Waals surface area contributed by atoms with Crippen LogP contribution in [-0.2, 0) is 13.1 Å². The Morgan fingerprint density at radius 2 is 0.556 bits per heavy atom. The van der Waals surface area contributed by atoms with E-state index in [1.54, 1.807) is 0 Å². The zero-order valence-electron chi connectivity index (χ0n) is 10.7. The summed E-state index contributed by atoms with van der Waals surface area (Å²) in [5.41, 5.74) is 0. The molecule has 1 saturated heterocycles. The van der Waals surface area contributed by atoms with E-state index < -0.39 is 0 Å². The van der Waals surface area contributed by atoms with Gasteiger partial charge >= 0.3 is 33.3 Å². The molecule has 0 amide bonds. The van der Waals surface area contributed by atoms with Crippen molar-refractivity contribution < 1.29 is 13.1 Å². The van der Waals surface area contributed by atoms with Crippen LogP contribution in [0.2, 0.25) is 0 Å². The van der Waals surface area contributed by atoms with Crippen LogP contribution >= 0.6 is 20.2 Å². The molecule has 1 heterocycles. The summed E-state index contributed by atoms with van der Waals surface area (Å²) in [6.45, 7) is 10.6. The molecule has 1 aliphatic heterocycles. The SMILES string of the molecule is C1CNCCNCCNCCNCCN1.[Cl][Mn][Cl]. The molecule has 1 aliphatic rings. The molecule has 0 aromatic heterocycles. The third-order valence-corrected chi connectivity index (χ3v) is 2.39. The van der Waals surface area contributed by atoms with Crippen LogP contribution in [0.3, 0.4) is 0 Å². The normalized spacial score (nSPS) is 21.0. The zero-order chi connectivity index (χ0) is 13.3.